The number of aromatic nitrogens is 2. The average molecular weight is 277 g/mol. The van der Waals surface area contributed by atoms with Gasteiger partial charge in [-0.1, -0.05) is 6.92 Å². The summed E-state index contributed by atoms with van der Waals surface area (Å²) in [4.78, 5) is 23.3. The van der Waals surface area contributed by atoms with Crippen molar-refractivity contribution in [2.75, 3.05) is 6.54 Å². The Kier molecular flexibility index (Phi) is 4.57. The lowest BCUT2D eigenvalue weighted by Gasteiger charge is -2.04. The van der Waals surface area contributed by atoms with Gasteiger partial charge in [-0.25, -0.2) is 0 Å². The quantitative estimate of drug-likeness (QED) is 0.623. The molecule has 2 aromatic heterocycles. The molecule has 0 amide bonds. The Labute approximate surface area is 116 Å². The fourth-order valence-electron chi connectivity index (χ4n) is 1.87. The fourth-order valence-corrected chi connectivity index (χ4v) is 1.87. The summed E-state index contributed by atoms with van der Waals surface area (Å²) >= 11 is 0. The number of rotatable bonds is 6. The van der Waals surface area contributed by atoms with Crippen LogP contribution in [0.4, 0.5) is 0 Å². The highest BCUT2D eigenvalue weighted by Crippen LogP contribution is 2.08. The van der Waals surface area contributed by atoms with Crippen LogP contribution in [0.15, 0.2) is 38.5 Å². The van der Waals surface area contributed by atoms with Gasteiger partial charge >= 0.3 is 11.1 Å². The van der Waals surface area contributed by atoms with Crippen molar-refractivity contribution >= 4 is 0 Å². The lowest BCUT2D eigenvalue weighted by atomic mass is 10.4. The first-order valence-electron chi connectivity index (χ1n) is 6.66. The molecule has 0 aliphatic carbocycles. The summed E-state index contributed by atoms with van der Waals surface area (Å²) in [5, 5.41) is 3.24. The van der Waals surface area contributed by atoms with Gasteiger partial charge in [0.25, 0.3) is 0 Å². The van der Waals surface area contributed by atoms with Crippen LogP contribution < -0.4 is 16.4 Å². The Balaban J connectivity index is 2.09. The van der Waals surface area contributed by atoms with Crippen molar-refractivity contribution < 1.29 is 4.42 Å². The summed E-state index contributed by atoms with van der Waals surface area (Å²) in [6.45, 7) is 3.97. The van der Waals surface area contributed by atoms with Crippen LogP contribution in [-0.2, 0) is 20.1 Å². The van der Waals surface area contributed by atoms with Gasteiger partial charge in [-0.2, -0.15) is 0 Å². The van der Waals surface area contributed by atoms with E-state index >= 15 is 0 Å². The molecule has 6 heteroatoms. The van der Waals surface area contributed by atoms with Crippen LogP contribution in [0.3, 0.4) is 0 Å². The third-order valence-electron chi connectivity index (χ3n) is 3.00. The van der Waals surface area contributed by atoms with E-state index in [9.17, 15) is 9.59 Å². The smallest absolute Gasteiger partial charge is 0.316 e. The molecule has 0 unspecified atom stereocenters. The van der Waals surface area contributed by atoms with Crippen molar-refractivity contribution in [2.45, 2.75) is 26.4 Å². The van der Waals surface area contributed by atoms with Gasteiger partial charge in [0.1, 0.15) is 11.5 Å². The third-order valence-corrected chi connectivity index (χ3v) is 3.00. The maximum Gasteiger partial charge on any atom is 0.316 e. The molecule has 0 radical (unpaired) electrons. The van der Waals surface area contributed by atoms with E-state index in [0.717, 1.165) is 18.7 Å². The van der Waals surface area contributed by atoms with Gasteiger partial charge in [0.15, 0.2) is 0 Å². The monoisotopic (exact) mass is 277 g/mol. The van der Waals surface area contributed by atoms with Crippen LogP contribution in [0.25, 0.3) is 0 Å². The topological polar surface area (TPSA) is 69.2 Å². The third kappa shape index (κ3) is 3.27. The lowest BCUT2D eigenvalue weighted by Crippen LogP contribution is -2.39. The Morgan fingerprint density at radius 3 is 2.65 bits per heavy atom. The number of nitrogens with zero attached hydrogens (tertiary/aromatic N) is 2. The van der Waals surface area contributed by atoms with E-state index < -0.39 is 11.1 Å². The van der Waals surface area contributed by atoms with E-state index in [1.807, 2.05) is 12.1 Å². The number of nitrogens with one attached hydrogen (secondary N) is 1. The van der Waals surface area contributed by atoms with Crippen LogP contribution >= 0.6 is 0 Å². The molecule has 1 N–H and O–H groups in total. The van der Waals surface area contributed by atoms with Gasteiger partial charge < -0.3 is 18.9 Å². The molecule has 0 spiro atoms. The summed E-state index contributed by atoms with van der Waals surface area (Å²) in [5.41, 5.74) is -1.08. The van der Waals surface area contributed by atoms with E-state index in [-0.39, 0.29) is 6.54 Å². The predicted octanol–water partition coefficient (Wildman–Crippen LogP) is 0.688. The molecule has 0 aromatic carbocycles. The summed E-state index contributed by atoms with van der Waals surface area (Å²) in [5.74, 6) is 1.49. The van der Waals surface area contributed by atoms with Crippen molar-refractivity contribution in [1.29, 1.82) is 0 Å². The maximum atomic E-state index is 11.8. The minimum Gasteiger partial charge on any atom is -0.463 e. The molecule has 0 atom stereocenters. The van der Waals surface area contributed by atoms with Crippen LogP contribution in [0, 0.1) is 0 Å². The second kappa shape index (κ2) is 6.38. The van der Waals surface area contributed by atoms with Crippen molar-refractivity contribution in [3.63, 3.8) is 0 Å². The average Bonchev–Trinajstić information content (AvgIpc) is 2.88. The van der Waals surface area contributed by atoms with Crippen LogP contribution in [0.1, 0.15) is 24.9 Å². The summed E-state index contributed by atoms with van der Waals surface area (Å²) in [6.07, 6.45) is 4.22. The van der Waals surface area contributed by atoms with Crippen LogP contribution in [0.2, 0.25) is 0 Å². The molecule has 0 aliphatic rings. The van der Waals surface area contributed by atoms with E-state index in [2.05, 4.69) is 12.2 Å². The van der Waals surface area contributed by atoms with E-state index in [1.165, 1.54) is 9.13 Å². The molecule has 2 rings (SSSR count). The molecule has 108 valence electrons. The highest BCUT2D eigenvalue weighted by atomic mass is 16.3. The largest absolute Gasteiger partial charge is 0.463 e. The van der Waals surface area contributed by atoms with Gasteiger partial charge in [-0.05, 0) is 25.1 Å². The second-order valence-electron chi connectivity index (χ2n) is 4.69. The summed E-state index contributed by atoms with van der Waals surface area (Å²) in [6, 6.07) is 3.71. The predicted molar refractivity (Wildman–Crippen MR) is 75.8 cm³/mol. The molecular formula is C14H19N3O3. The molecule has 0 bridgehead atoms. The summed E-state index contributed by atoms with van der Waals surface area (Å²) in [7, 11) is 1.55. The van der Waals surface area contributed by atoms with Crippen LogP contribution in [-0.4, -0.2) is 15.7 Å². The minimum absolute atomic E-state index is 0.267. The summed E-state index contributed by atoms with van der Waals surface area (Å²) < 4.78 is 8.24. The van der Waals surface area contributed by atoms with Crippen molar-refractivity contribution in [1.82, 2.24) is 14.5 Å². The molecule has 0 fully saturated rings. The number of hydrogen-bond acceptors (Lipinski definition) is 4. The molecular weight excluding hydrogens is 258 g/mol. The Morgan fingerprint density at radius 2 is 1.90 bits per heavy atom. The Morgan fingerprint density at radius 1 is 1.15 bits per heavy atom. The number of aryl methyl sites for hydroxylation is 1. The van der Waals surface area contributed by atoms with E-state index in [0.29, 0.717) is 12.3 Å². The molecule has 0 saturated heterocycles. The Bertz CT molecular complexity index is 681. The van der Waals surface area contributed by atoms with E-state index in [1.54, 1.807) is 19.4 Å². The first-order valence-corrected chi connectivity index (χ1v) is 6.66. The fraction of sp³-hybridized carbons (Fsp3) is 0.429. The first-order chi connectivity index (χ1) is 9.61. The molecule has 2 heterocycles. The molecule has 0 saturated carbocycles. The first kappa shape index (κ1) is 14.3. The minimum atomic E-state index is -0.544. The lowest BCUT2D eigenvalue weighted by molar-refractivity contribution is 0.434. The molecule has 0 aliphatic heterocycles. The highest BCUT2D eigenvalue weighted by molar-refractivity contribution is 5.08. The zero-order chi connectivity index (χ0) is 14.5. The molecule has 20 heavy (non-hydrogen) atoms. The Hall–Kier alpha value is -2.08. The standard InChI is InChI=1S/C14H19N3O3/c1-3-6-15-9-11-4-5-12(20-11)10-17-8-7-16(2)13(18)14(17)19/h4-5,7-8,15H,3,6,9-10H2,1-2H3. The van der Waals surface area contributed by atoms with Crippen molar-refractivity contribution in [3.05, 3.63) is 56.8 Å². The van der Waals surface area contributed by atoms with E-state index in [4.69, 9.17) is 4.42 Å². The SMILES string of the molecule is CCCNCc1ccc(Cn2ccn(C)c(=O)c2=O)o1. The highest BCUT2D eigenvalue weighted by Gasteiger charge is 2.06. The van der Waals surface area contributed by atoms with Gasteiger partial charge in [-0.15, -0.1) is 0 Å². The van der Waals surface area contributed by atoms with Gasteiger partial charge in [-0.3, -0.25) is 9.59 Å². The number of hydrogen-bond donors (Lipinski definition) is 1. The number of furan rings is 1. The van der Waals surface area contributed by atoms with Crippen LogP contribution in [0.5, 0.6) is 0 Å². The van der Waals surface area contributed by atoms with Gasteiger partial charge in [0, 0.05) is 19.4 Å². The van der Waals surface area contributed by atoms with Gasteiger partial charge in [0.2, 0.25) is 0 Å². The normalized spacial score (nSPS) is 10.9. The zero-order valence-corrected chi connectivity index (χ0v) is 11.8. The second-order valence-corrected chi connectivity index (χ2v) is 4.69. The van der Waals surface area contributed by atoms with Crippen molar-refractivity contribution in [3.8, 4) is 0 Å². The molecule has 6 nitrogen and oxygen atoms in total. The zero-order valence-electron chi connectivity index (χ0n) is 11.8. The van der Waals surface area contributed by atoms with Gasteiger partial charge in [0.05, 0.1) is 13.1 Å². The molecule has 2 aromatic rings. The van der Waals surface area contributed by atoms with Crippen molar-refractivity contribution in [2.24, 2.45) is 7.05 Å². The maximum absolute atomic E-state index is 11.8.